The van der Waals surface area contributed by atoms with Crippen LogP contribution in [0, 0.1) is 5.82 Å². The summed E-state index contributed by atoms with van der Waals surface area (Å²) >= 11 is 0. The van der Waals surface area contributed by atoms with Crippen molar-refractivity contribution in [3.8, 4) is 5.75 Å². The minimum Gasteiger partial charge on any atom is -0.491 e. The first-order chi connectivity index (χ1) is 11.8. The predicted octanol–water partition coefficient (Wildman–Crippen LogP) is 3.18. The van der Waals surface area contributed by atoms with Crippen molar-refractivity contribution in [3.63, 3.8) is 0 Å². The van der Waals surface area contributed by atoms with Gasteiger partial charge in [0.25, 0.3) is 0 Å². The van der Waals surface area contributed by atoms with Crippen LogP contribution in [0.2, 0.25) is 0 Å². The molecule has 0 bridgehead atoms. The molecule has 0 aromatic heterocycles. The van der Waals surface area contributed by atoms with E-state index in [9.17, 15) is 14.3 Å². The van der Waals surface area contributed by atoms with Gasteiger partial charge >= 0.3 is 0 Å². The first-order valence-corrected chi connectivity index (χ1v) is 8.27. The van der Waals surface area contributed by atoms with Crippen molar-refractivity contribution in [1.29, 1.82) is 0 Å². The standard InChI is InChI=1S/C20H24FNO3/c1-14(2)25-18-6-4-5-15(11-18)12-19(23)22-13-20(3,24)16-7-9-17(21)10-8-16/h4-11,14,24H,12-13H2,1-3H3,(H,22,23). The van der Waals surface area contributed by atoms with Gasteiger partial charge in [-0.05, 0) is 56.2 Å². The van der Waals surface area contributed by atoms with Crippen LogP contribution in [0.3, 0.4) is 0 Å². The van der Waals surface area contributed by atoms with Crippen LogP contribution in [0.4, 0.5) is 4.39 Å². The van der Waals surface area contributed by atoms with E-state index < -0.39 is 5.60 Å². The third kappa shape index (κ3) is 5.87. The Morgan fingerprint density at radius 3 is 2.56 bits per heavy atom. The molecule has 0 aliphatic heterocycles. The summed E-state index contributed by atoms with van der Waals surface area (Å²) in [6, 6.07) is 13.0. The molecular formula is C20H24FNO3. The average Bonchev–Trinajstić information content (AvgIpc) is 2.53. The van der Waals surface area contributed by atoms with Crippen molar-refractivity contribution in [2.24, 2.45) is 0 Å². The van der Waals surface area contributed by atoms with E-state index in [-0.39, 0.29) is 30.8 Å². The zero-order valence-corrected chi connectivity index (χ0v) is 14.8. The quantitative estimate of drug-likeness (QED) is 0.810. The topological polar surface area (TPSA) is 58.6 Å². The number of benzene rings is 2. The van der Waals surface area contributed by atoms with Gasteiger partial charge in [0, 0.05) is 0 Å². The monoisotopic (exact) mass is 345 g/mol. The molecule has 0 aliphatic carbocycles. The molecule has 1 atom stereocenters. The fraction of sp³-hybridized carbons (Fsp3) is 0.350. The Labute approximate surface area is 147 Å². The Morgan fingerprint density at radius 1 is 1.24 bits per heavy atom. The largest absolute Gasteiger partial charge is 0.491 e. The number of rotatable bonds is 7. The maximum absolute atomic E-state index is 13.0. The molecule has 0 saturated heterocycles. The molecule has 0 fully saturated rings. The summed E-state index contributed by atoms with van der Waals surface area (Å²) in [6.07, 6.45) is 0.254. The second-order valence-electron chi connectivity index (χ2n) is 6.55. The highest BCUT2D eigenvalue weighted by molar-refractivity contribution is 5.78. The molecule has 1 amide bonds. The molecule has 2 N–H and O–H groups in total. The molecule has 1 unspecified atom stereocenters. The Kier molecular flexibility index (Phi) is 6.15. The first-order valence-electron chi connectivity index (χ1n) is 8.27. The summed E-state index contributed by atoms with van der Waals surface area (Å²) in [4.78, 5) is 12.2. The molecule has 134 valence electrons. The number of halogens is 1. The third-order valence-electron chi connectivity index (χ3n) is 3.73. The van der Waals surface area contributed by atoms with Gasteiger partial charge in [0.05, 0.1) is 19.1 Å². The van der Waals surface area contributed by atoms with Gasteiger partial charge < -0.3 is 15.2 Å². The van der Waals surface area contributed by atoms with Gasteiger partial charge in [0.2, 0.25) is 5.91 Å². The lowest BCUT2D eigenvalue weighted by molar-refractivity contribution is -0.121. The number of aliphatic hydroxyl groups is 1. The van der Waals surface area contributed by atoms with Crippen LogP contribution in [0.1, 0.15) is 31.9 Å². The van der Waals surface area contributed by atoms with Crippen molar-refractivity contribution in [2.75, 3.05) is 6.54 Å². The highest BCUT2D eigenvalue weighted by atomic mass is 19.1. The van der Waals surface area contributed by atoms with Crippen LogP contribution in [0.5, 0.6) is 5.75 Å². The second-order valence-corrected chi connectivity index (χ2v) is 6.55. The summed E-state index contributed by atoms with van der Waals surface area (Å²) in [7, 11) is 0. The summed E-state index contributed by atoms with van der Waals surface area (Å²) in [5, 5.41) is 13.2. The van der Waals surface area contributed by atoms with Gasteiger partial charge in [-0.25, -0.2) is 4.39 Å². The lowest BCUT2D eigenvalue weighted by Gasteiger charge is -2.24. The van der Waals surface area contributed by atoms with Crippen molar-refractivity contribution < 1.29 is 19.0 Å². The summed E-state index contributed by atoms with van der Waals surface area (Å²) in [5.74, 6) is 0.148. The number of hydrogen-bond donors (Lipinski definition) is 2. The SMILES string of the molecule is CC(C)Oc1cccc(CC(=O)NCC(C)(O)c2ccc(F)cc2)c1. The third-order valence-corrected chi connectivity index (χ3v) is 3.73. The molecule has 0 radical (unpaired) electrons. The number of ether oxygens (including phenoxy) is 1. The Morgan fingerprint density at radius 2 is 1.92 bits per heavy atom. The lowest BCUT2D eigenvalue weighted by Crippen LogP contribution is -2.39. The van der Waals surface area contributed by atoms with Crippen LogP contribution >= 0.6 is 0 Å². The van der Waals surface area contributed by atoms with Gasteiger partial charge in [0.1, 0.15) is 17.2 Å². The maximum Gasteiger partial charge on any atom is 0.224 e. The molecule has 0 heterocycles. The minimum absolute atomic E-state index is 0.0413. The van der Waals surface area contributed by atoms with Crippen molar-refractivity contribution in [1.82, 2.24) is 5.32 Å². The summed E-state index contributed by atoms with van der Waals surface area (Å²) in [6.45, 7) is 5.51. The highest BCUT2D eigenvalue weighted by Crippen LogP contribution is 2.20. The van der Waals surface area contributed by atoms with Crippen molar-refractivity contribution in [2.45, 2.75) is 38.9 Å². The van der Waals surface area contributed by atoms with Gasteiger partial charge in [0.15, 0.2) is 0 Å². The molecule has 0 spiro atoms. The number of nitrogens with one attached hydrogen (secondary N) is 1. The van der Waals surface area contributed by atoms with Gasteiger partial charge in [-0.1, -0.05) is 24.3 Å². The van der Waals surface area contributed by atoms with E-state index in [2.05, 4.69) is 5.32 Å². The van der Waals surface area contributed by atoms with Crippen LogP contribution in [0.25, 0.3) is 0 Å². The minimum atomic E-state index is -1.27. The molecule has 25 heavy (non-hydrogen) atoms. The molecular weight excluding hydrogens is 321 g/mol. The Balaban J connectivity index is 1.93. The summed E-state index contributed by atoms with van der Waals surface area (Å²) < 4.78 is 18.6. The Hall–Kier alpha value is -2.40. The van der Waals surface area contributed by atoms with Crippen molar-refractivity contribution in [3.05, 3.63) is 65.5 Å². The fourth-order valence-corrected chi connectivity index (χ4v) is 2.43. The molecule has 0 saturated carbocycles. The molecule has 2 aromatic carbocycles. The second kappa shape index (κ2) is 8.12. The fourth-order valence-electron chi connectivity index (χ4n) is 2.43. The summed E-state index contributed by atoms with van der Waals surface area (Å²) in [5.41, 5.74) is 0.102. The number of carbonyl (C=O) groups excluding carboxylic acids is 1. The first kappa shape index (κ1) is 18.9. The van der Waals surface area contributed by atoms with Crippen molar-refractivity contribution >= 4 is 5.91 Å². The van der Waals surface area contributed by atoms with Gasteiger partial charge in [-0.15, -0.1) is 0 Å². The molecule has 2 aromatic rings. The highest BCUT2D eigenvalue weighted by Gasteiger charge is 2.23. The molecule has 2 rings (SSSR count). The smallest absolute Gasteiger partial charge is 0.224 e. The number of carbonyl (C=O) groups is 1. The number of hydrogen-bond acceptors (Lipinski definition) is 3. The normalized spacial score (nSPS) is 13.4. The zero-order chi connectivity index (χ0) is 18.4. The van der Waals surface area contributed by atoms with Crippen LogP contribution in [0.15, 0.2) is 48.5 Å². The molecule has 4 nitrogen and oxygen atoms in total. The van der Waals surface area contributed by atoms with E-state index in [1.165, 1.54) is 24.3 Å². The van der Waals surface area contributed by atoms with Crippen LogP contribution in [-0.4, -0.2) is 23.7 Å². The predicted molar refractivity (Wildman–Crippen MR) is 94.9 cm³/mol. The zero-order valence-electron chi connectivity index (χ0n) is 14.8. The van der Waals surface area contributed by atoms with E-state index in [0.717, 1.165) is 11.3 Å². The van der Waals surface area contributed by atoms with E-state index in [0.29, 0.717) is 5.56 Å². The molecule has 5 heteroatoms. The van der Waals surface area contributed by atoms with E-state index >= 15 is 0 Å². The average molecular weight is 345 g/mol. The van der Waals surface area contributed by atoms with E-state index in [1.807, 2.05) is 38.1 Å². The Bertz CT molecular complexity index is 711. The maximum atomic E-state index is 13.0. The number of amides is 1. The molecule has 0 aliphatic rings. The lowest BCUT2D eigenvalue weighted by atomic mass is 9.96. The van der Waals surface area contributed by atoms with Gasteiger partial charge in [-0.3, -0.25) is 4.79 Å². The van der Waals surface area contributed by atoms with E-state index in [4.69, 9.17) is 4.74 Å². The van der Waals surface area contributed by atoms with Gasteiger partial charge in [-0.2, -0.15) is 0 Å². The van der Waals surface area contributed by atoms with Crippen LogP contribution in [-0.2, 0) is 16.8 Å². The van der Waals surface area contributed by atoms with Crippen LogP contribution < -0.4 is 10.1 Å². The van der Waals surface area contributed by atoms with E-state index in [1.54, 1.807) is 6.92 Å².